The Morgan fingerprint density at radius 1 is 0.596 bits per heavy atom. The van der Waals surface area contributed by atoms with Crippen molar-refractivity contribution in [3.8, 4) is 11.8 Å². The van der Waals surface area contributed by atoms with Gasteiger partial charge in [-0.2, -0.15) is 0 Å². The van der Waals surface area contributed by atoms with Crippen molar-refractivity contribution < 1.29 is 24.9 Å². The summed E-state index contributed by atoms with van der Waals surface area (Å²) in [6.07, 6.45) is 3.87. The molecule has 0 spiro atoms. The predicted octanol–water partition coefficient (Wildman–Crippen LogP) is 8.77. The average Bonchev–Trinajstić information content (AvgIpc) is 3.19. The van der Waals surface area contributed by atoms with Gasteiger partial charge in [0.2, 0.25) is 0 Å². The van der Waals surface area contributed by atoms with Gasteiger partial charge in [-0.3, -0.25) is 0 Å². The van der Waals surface area contributed by atoms with Gasteiger partial charge in [-0.1, -0.05) is 98.3 Å². The highest BCUT2D eigenvalue weighted by Crippen LogP contribution is 2.34. The molecule has 0 aromatic heterocycles. The molecular weight excluding hydrogens is 870 g/mol. The molecule has 11 heteroatoms. The van der Waals surface area contributed by atoms with Crippen LogP contribution in [0.2, 0.25) is 0 Å². The number of carbonyl (C=O) groups is 1. The maximum absolute atomic E-state index is 12.0. The van der Waals surface area contributed by atoms with Crippen LogP contribution < -0.4 is 10.6 Å². The van der Waals surface area contributed by atoms with Gasteiger partial charge in [-0.15, -0.1) is 12.4 Å². The SMILES string of the molecule is CC(C)(C)OC(=O)N1CCC(O)(c2ccc(Br)cc2)CC1.Cl.OC1(c2ccc(Br)cc2)CCNCC1.OC1(c2ccc(C#Cc3ccccc3)cc2)CCNCC1. The molecule has 0 bridgehead atoms. The zero-order valence-electron chi connectivity index (χ0n) is 33.1. The topological polar surface area (TPSA) is 114 Å². The molecule has 57 heavy (non-hydrogen) atoms. The van der Waals surface area contributed by atoms with E-state index in [-0.39, 0.29) is 18.5 Å². The first-order valence-corrected chi connectivity index (χ1v) is 21.0. The number of hydrogen-bond donors (Lipinski definition) is 5. The number of halogens is 3. The van der Waals surface area contributed by atoms with Crippen LogP contribution in [0.15, 0.2) is 112 Å². The second-order valence-electron chi connectivity index (χ2n) is 15.8. The monoisotopic (exact) mass is 923 g/mol. The fraction of sp³-hybridized carbons (Fsp3) is 0.413. The number of carbonyl (C=O) groups excluding carboxylic acids is 1. The molecule has 0 unspecified atom stereocenters. The predicted molar refractivity (Wildman–Crippen MR) is 237 cm³/mol. The van der Waals surface area contributed by atoms with Gasteiger partial charge in [0.25, 0.3) is 0 Å². The fourth-order valence-electron chi connectivity index (χ4n) is 6.98. The number of amides is 1. The Hall–Kier alpha value is -3.24. The molecule has 3 heterocycles. The van der Waals surface area contributed by atoms with Gasteiger partial charge in [0, 0.05) is 33.2 Å². The van der Waals surface area contributed by atoms with E-state index in [1.807, 2.05) is 124 Å². The van der Waals surface area contributed by atoms with Crippen molar-refractivity contribution in [1.82, 2.24) is 15.5 Å². The molecule has 0 radical (unpaired) electrons. The highest BCUT2D eigenvalue weighted by Gasteiger charge is 2.37. The van der Waals surface area contributed by atoms with E-state index in [9.17, 15) is 20.1 Å². The summed E-state index contributed by atoms with van der Waals surface area (Å²) >= 11 is 6.79. The van der Waals surface area contributed by atoms with Crippen molar-refractivity contribution in [3.05, 3.63) is 140 Å². The van der Waals surface area contributed by atoms with Gasteiger partial charge in [0.15, 0.2) is 0 Å². The minimum atomic E-state index is -0.862. The molecule has 0 atom stereocenters. The second kappa shape index (κ2) is 21.1. The maximum Gasteiger partial charge on any atom is 0.410 e. The van der Waals surface area contributed by atoms with Crippen LogP contribution in [0, 0.1) is 11.8 Å². The van der Waals surface area contributed by atoms with Crippen molar-refractivity contribution in [2.45, 2.75) is 81.7 Å². The maximum atomic E-state index is 12.0. The van der Waals surface area contributed by atoms with Crippen molar-refractivity contribution in [3.63, 3.8) is 0 Å². The fourth-order valence-corrected chi connectivity index (χ4v) is 7.51. The van der Waals surface area contributed by atoms with Crippen LogP contribution in [-0.4, -0.2) is 71.2 Å². The highest BCUT2D eigenvalue weighted by atomic mass is 79.9. The quantitative estimate of drug-likeness (QED) is 0.131. The number of aliphatic hydroxyl groups is 3. The Balaban J connectivity index is 0.000000192. The lowest BCUT2D eigenvalue weighted by Gasteiger charge is -2.38. The number of rotatable bonds is 3. The average molecular weight is 926 g/mol. The summed E-state index contributed by atoms with van der Waals surface area (Å²) in [5.74, 6) is 6.31. The molecule has 0 saturated carbocycles. The van der Waals surface area contributed by atoms with Crippen LogP contribution in [0.25, 0.3) is 0 Å². The van der Waals surface area contributed by atoms with Crippen molar-refractivity contribution >= 4 is 50.4 Å². The first-order chi connectivity index (χ1) is 26.7. The van der Waals surface area contributed by atoms with Gasteiger partial charge < -0.3 is 35.6 Å². The van der Waals surface area contributed by atoms with E-state index >= 15 is 0 Å². The smallest absolute Gasteiger partial charge is 0.410 e. The number of ether oxygens (including phenoxy) is 1. The summed E-state index contributed by atoms with van der Waals surface area (Å²) in [5, 5.41) is 38.3. The Kier molecular flexibility index (Phi) is 17.2. The number of nitrogens with zero attached hydrogens (tertiary/aromatic N) is 1. The number of nitrogens with one attached hydrogen (secondary N) is 2. The summed E-state index contributed by atoms with van der Waals surface area (Å²) in [6.45, 7) is 10.1. The molecular formula is C46H56Br2ClN3O5. The first kappa shape index (κ1) is 46.4. The zero-order valence-corrected chi connectivity index (χ0v) is 37.1. The first-order valence-electron chi connectivity index (χ1n) is 19.4. The molecule has 8 nitrogen and oxygen atoms in total. The highest BCUT2D eigenvalue weighted by molar-refractivity contribution is 9.10. The Labute approximate surface area is 361 Å². The van der Waals surface area contributed by atoms with Crippen LogP contribution in [0.4, 0.5) is 4.79 Å². The van der Waals surface area contributed by atoms with E-state index < -0.39 is 22.4 Å². The molecule has 7 rings (SSSR count). The third-order valence-corrected chi connectivity index (χ3v) is 11.5. The van der Waals surface area contributed by atoms with E-state index in [1.54, 1.807) is 4.90 Å². The van der Waals surface area contributed by atoms with Gasteiger partial charge in [-0.05, 0) is 151 Å². The Morgan fingerprint density at radius 2 is 0.947 bits per heavy atom. The summed E-state index contributed by atoms with van der Waals surface area (Å²) in [7, 11) is 0. The van der Waals surface area contributed by atoms with E-state index in [1.165, 1.54) is 0 Å². The summed E-state index contributed by atoms with van der Waals surface area (Å²) in [4.78, 5) is 13.7. The molecule has 4 aromatic rings. The van der Waals surface area contributed by atoms with E-state index in [2.05, 4.69) is 54.3 Å². The molecule has 306 valence electrons. The van der Waals surface area contributed by atoms with Gasteiger partial charge >= 0.3 is 6.09 Å². The lowest BCUT2D eigenvalue weighted by molar-refractivity contribution is -0.0356. The van der Waals surface area contributed by atoms with Crippen molar-refractivity contribution in [2.75, 3.05) is 39.3 Å². The van der Waals surface area contributed by atoms with Crippen LogP contribution in [0.1, 0.15) is 87.1 Å². The normalized spacial score (nSPS) is 18.1. The number of likely N-dealkylation sites (tertiary alicyclic amines) is 1. The largest absolute Gasteiger partial charge is 0.444 e. The number of hydrogen-bond acceptors (Lipinski definition) is 7. The van der Waals surface area contributed by atoms with E-state index in [0.717, 1.165) is 88.6 Å². The lowest BCUT2D eigenvalue weighted by Crippen LogP contribution is -2.46. The van der Waals surface area contributed by atoms with Gasteiger partial charge in [0.05, 0.1) is 16.8 Å². The molecule has 3 fully saturated rings. The Morgan fingerprint density at radius 3 is 1.33 bits per heavy atom. The molecule has 0 aliphatic carbocycles. The summed E-state index contributed by atoms with van der Waals surface area (Å²) < 4.78 is 7.41. The van der Waals surface area contributed by atoms with Crippen LogP contribution in [-0.2, 0) is 21.5 Å². The summed E-state index contributed by atoms with van der Waals surface area (Å²) in [6, 6.07) is 33.6. The lowest BCUT2D eigenvalue weighted by atomic mass is 9.84. The molecule has 1 amide bonds. The van der Waals surface area contributed by atoms with E-state index in [0.29, 0.717) is 25.9 Å². The Bertz CT molecular complexity index is 1890. The second-order valence-corrected chi connectivity index (χ2v) is 17.6. The molecule has 3 aliphatic heterocycles. The van der Waals surface area contributed by atoms with Gasteiger partial charge in [0.1, 0.15) is 5.60 Å². The summed E-state index contributed by atoms with van der Waals surface area (Å²) in [5.41, 5.74) is 2.25. The van der Waals surface area contributed by atoms with Crippen LogP contribution in [0.3, 0.4) is 0 Å². The van der Waals surface area contributed by atoms with E-state index in [4.69, 9.17) is 4.74 Å². The third-order valence-electron chi connectivity index (χ3n) is 10.4. The third kappa shape index (κ3) is 13.9. The zero-order chi connectivity index (χ0) is 40.2. The molecule has 4 aromatic carbocycles. The number of benzene rings is 4. The minimum absolute atomic E-state index is 0. The van der Waals surface area contributed by atoms with Crippen LogP contribution in [0.5, 0.6) is 0 Å². The van der Waals surface area contributed by atoms with Crippen LogP contribution >= 0.6 is 44.3 Å². The molecule has 5 N–H and O–H groups in total. The number of piperidine rings is 3. The van der Waals surface area contributed by atoms with Crippen molar-refractivity contribution in [2.24, 2.45) is 0 Å². The van der Waals surface area contributed by atoms with Crippen molar-refractivity contribution in [1.29, 1.82) is 0 Å². The standard InChI is InChI=1S/C19H19NO.C16H22BrNO3.C11H14BrNO.ClH/c21-19(12-14-20-15-13-19)18-10-8-17(9-11-18)7-6-16-4-2-1-3-5-16;1-15(2,3)21-14(19)18-10-8-16(20,9-11-18)12-4-6-13(17)7-5-12;12-10-3-1-9(2-4-10)11(14)5-7-13-8-6-11;/h1-5,8-11,20-21H,12-15H2;4-7,20H,8-11H2,1-3H3;1-4,13-14H,5-8H2;1H. The minimum Gasteiger partial charge on any atom is -0.444 e. The molecule has 3 aliphatic rings. The molecule has 3 saturated heterocycles. The van der Waals surface area contributed by atoms with Gasteiger partial charge in [-0.25, -0.2) is 4.79 Å².